The van der Waals surface area contributed by atoms with Crippen LogP contribution >= 0.6 is 0 Å². The summed E-state index contributed by atoms with van der Waals surface area (Å²) in [6.07, 6.45) is 7.07. The zero-order chi connectivity index (χ0) is 40.0. The van der Waals surface area contributed by atoms with Gasteiger partial charge in [-0.05, 0) is 95.6 Å². The van der Waals surface area contributed by atoms with Crippen molar-refractivity contribution in [2.75, 3.05) is 7.11 Å². The molecule has 5 aliphatic rings. The first-order valence-electron chi connectivity index (χ1n) is 21.1. The maximum absolute atomic E-state index is 14.5. The number of Topliss-reactive ketones (excluding diaryl/α,β-unsaturated/α-hetero) is 1. The van der Waals surface area contributed by atoms with Gasteiger partial charge in [0.2, 0.25) is 5.79 Å². The fourth-order valence-corrected chi connectivity index (χ4v) is 10.7. The summed E-state index contributed by atoms with van der Waals surface area (Å²) in [4.78, 5) is 26.4. The summed E-state index contributed by atoms with van der Waals surface area (Å²) in [6, 6.07) is 0. The van der Waals surface area contributed by atoms with Crippen LogP contribution in [-0.2, 0) is 38.0 Å². The van der Waals surface area contributed by atoms with E-state index >= 15 is 0 Å². The Balaban J connectivity index is 1.33. The van der Waals surface area contributed by atoms with Crippen LogP contribution in [0.5, 0.6) is 0 Å². The van der Waals surface area contributed by atoms with Crippen molar-refractivity contribution in [3.63, 3.8) is 0 Å². The molecule has 2 spiro atoms. The zero-order valence-corrected chi connectivity index (χ0v) is 34.9. The average Bonchev–Trinajstić information content (AvgIpc) is 3.48. The average molecular weight is 765 g/mol. The molecular formula is C43H72O11. The van der Waals surface area contributed by atoms with Gasteiger partial charge >= 0.3 is 5.97 Å². The smallest absolute Gasteiger partial charge is 0.309 e. The minimum absolute atomic E-state index is 0.0445. The van der Waals surface area contributed by atoms with Crippen molar-refractivity contribution in [1.29, 1.82) is 0 Å². The van der Waals surface area contributed by atoms with E-state index in [9.17, 15) is 24.9 Å². The first kappa shape index (κ1) is 43.7. The van der Waals surface area contributed by atoms with Crippen LogP contribution in [0.15, 0.2) is 12.2 Å². The molecule has 18 atom stereocenters. The molecule has 0 aromatic carbocycles. The van der Waals surface area contributed by atoms with E-state index in [4.69, 9.17) is 28.4 Å². The Kier molecular flexibility index (Phi) is 13.6. The standard InChI is InChI=1S/C43H72O11/c1-12-30(39(46)47)32-16-15-24(4)37(51-32)28(8)35(44)27(7)36(45)31(13-2)38-25(5)23-26(6)42(52-38)20-18-34(49-11)43(54-42)22-21-40(10,53-43)33-17-19-41(48,14-3)29(9)50-33/h18,20,24-35,37-38,44,48H,12-17,19,21-23H2,1-11H3,(H,46,47)/t24-,25-,26+,27-,28-,29-,30+,31-,32+,33+,34+,35+,37+,38-,40-,41+,42-,43-/m0/s1. The number of ether oxygens (including phenoxy) is 6. The molecule has 310 valence electrons. The fraction of sp³-hybridized carbons (Fsp3) is 0.907. The molecule has 54 heavy (non-hydrogen) atoms. The van der Waals surface area contributed by atoms with Gasteiger partial charge < -0.3 is 43.7 Å². The molecular weight excluding hydrogens is 692 g/mol. The third kappa shape index (κ3) is 8.00. The molecule has 4 fully saturated rings. The topological polar surface area (TPSA) is 150 Å². The van der Waals surface area contributed by atoms with Gasteiger partial charge in [0, 0.05) is 37.2 Å². The van der Waals surface area contributed by atoms with Crippen molar-refractivity contribution in [2.45, 2.75) is 199 Å². The van der Waals surface area contributed by atoms with E-state index in [0.29, 0.717) is 51.4 Å². The SMILES string of the molecule is CC[C@@H](C(=O)[C@@H](C)[C@@H](O)[C@H](C)[C@@H]1O[C@@H]([C@@H](CC)C(=O)O)CC[C@@H]1C)[C@H]1O[C@]2(C=C[C@@H](OC)[C@]3(CC[C@@](C)([C@H]4CC[C@](O)(CC)[C@H](C)O4)O3)O2)[C@H](C)C[C@@H]1C. The lowest BCUT2D eigenvalue weighted by Gasteiger charge is -2.54. The number of aliphatic hydroxyl groups is 2. The zero-order valence-electron chi connectivity index (χ0n) is 34.9. The number of carbonyl (C=O) groups is 2. The Bertz CT molecular complexity index is 1340. The molecule has 0 aromatic heterocycles. The van der Waals surface area contributed by atoms with Gasteiger partial charge in [-0.3, -0.25) is 9.59 Å². The second-order valence-corrected chi connectivity index (χ2v) is 18.1. The number of carboxylic acids is 1. The third-order valence-corrected chi connectivity index (χ3v) is 14.7. The summed E-state index contributed by atoms with van der Waals surface area (Å²) in [7, 11) is 1.65. The highest BCUT2D eigenvalue weighted by molar-refractivity contribution is 5.84. The Labute approximate surface area is 324 Å². The van der Waals surface area contributed by atoms with Crippen LogP contribution in [0.2, 0.25) is 0 Å². The van der Waals surface area contributed by atoms with Gasteiger partial charge in [-0.2, -0.15) is 0 Å². The second kappa shape index (κ2) is 16.8. The first-order valence-corrected chi connectivity index (χ1v) is 21.1. The molecule has 3 N–H and O–H groups in total. The van der Waals surface area contributed by atoms with E-state index in [1.807, 2.05) is 46.8 Å². The van der Waals surface area contributed by atoms with Crippen LogP contribution in [0.4, 0.5) is 0 Å². The number of carboxylic acid groups (broad SMARTS) is 1. The van der Waals surface area contributed by atoms with E-state index < -0.39 is 70.9 Å². The van der Waals surface area contributed by atoms with Gasteiger partial charge in [-0.1, -0.05) is 55.4 Å². The van der Waals surface area contributed by atoms with E-state index in [2.05, 4.69) is 27.7 Å². The highest BCUT2D eigenvalue weighted by atomic mass is 16.8. The molecule has 5 heterocycles. The first-order chi connectivity index (χ1) is 25.3. The van der Waals surface area contributed by atoms with Gasteiger partial charge in [0.15, 0.2) is 5.79 Å². The molecule has 0 unspecified atom stereocenters. The monoisotopic (exact) mass is 765 g/mol. The van der Waals surface area contributed by atoms with Crippen molar-refractivity contribution >= 4 is 11.8 Å². The molecule has 0 aromatic rings. The Hall–Kier alpha value is -1.44. The van der Waals surface area contributed by atoms with Crippen LogP contribution in [0.1, 0.15) is 133 Å². The van der Waals surface area contributed by atoms with E-state index in [-0.39, 0.29) is 47.8 Å². The molecule has 0 radical (unpaired) electrons. The Morgan fingerprint density at radius 2 is 1.59 bits per heavy atom. The quantitative estimate of drug-likeness (QED) is 0.169. The van der Waals surface area contributed by atoms with Gasteiger partial charge in [0.25, 0.3) is 0 Å². The predicted octanol–water partition coefficient (Wildman–Crippen LogP) is 6.84. The van der Waals surface area contributed by atoms with Crippen molar-refractivity contribution < 1.29 is 53.3 Å². The van der Waals surface area contributed by atoms with Crippen molar-refractivity contribution in [3.8, 4) is 0 Å². The van der Waals surface area contributed by atoms with Crippen molar-refractivity contribution in [2.24, 2.45) is 41.4 Å². The van der Waals surface area contributed by atoms with Crippen LogP contribution in [0, 0.1) is 41.4 Å². The molecule has 5 aliphatic heterocycles. The van der Waals surface area contributed by atoms with E-state index in [1.54, 1.807) is 14.0 Å². The molecule has 4 saturated heterocycles. The van der Waals surface area contributed by atoms with Gasteiger partial charge in [-0.25, -0.2) is 0 Å². The maximum atomic E-state index is 14.5. The molecule has 0 aliphatic carbocycles. The normalized spacial score (nSPS) is 45.5. The number of hydrogen-bond acceptors (Lipinski definition) is 10. The minimum Gasteiger partial charge on any atom is -0.481 e. The second-order valence-electron chi connectivity index (χ2n) is 18.1. The summed E-state index contributed by atoms with van der Waals surface area (Å²) >= 11 is 0. The molecule has 11 nitrogen and oxygen atoms in total. The van der Waals surface area contributed by atoms with Gasteiger partial charge in [-0.15, -0.1) is 0 Å². The van der Waals surface area contributed by atoms with Crippen LogP contribution < -0.4 is 0 Å². The summed E-state index contributed by atoms with van der Waals surface area (Å²) in [6.45, 7) is 19.9. The molecule has 0 amide bonds. The molecule has 5 rings (SSSR count). The minimum atomic E-state index is -1.16. The van der Waals surface area contributed by atoms with Gasteiger partial charge in [0.05, 0.1) is 53.7 Å². The summed E-state index contributed by atoms with van der Waals surface area (Å²) in [5.74, 6) is -5.27. The number of rotatable bonds is 13. The number of methoxy groups -OCH3 is 1. The Morgan fingerprint density at radius 3 is 2.19 bits per heavy atom. The van der Waals surface area contributed by atoms with E-state index in [1.165, 1.54) is 0 Å². The third-order valence-electron chi connectivity index (χ3n) is 14.7. The van der Waals surface area contributed by atoms with Gasteiger partial charge in [0.1, 0.15) is 11.9 Å². The van der Waals surface area contributed by atoms with Crippen molar-refractivity contribution in [3.05, 3.63) is 12.2 Å². The molecule has 0 bridgehead atoms. The number of carbonyl (C=O) groups excluding carboxylic acids is 1. The number of hydrogen-bond donors (Lipinski definition) is 3. The fourth-order valence-electron chi connectivity index (χ4n) is 10.7. The highest BCUT2D eigenvalue weighted by Crippen LogP contribution is 2.54. The molecule has 11 heteroatoms. The highest BCUT2D eigenvalue weighted by Gasteiger charge is 2.63. The molecule has 0 saturated carbocycles. The summed E-state index contributed by atoms with van der Waals surface area (Å²) in [5.41, 5.74) is -1.53. The lowest BCUT2D eigenvalue weighted by molar-refractivity contribution is -0.410. The van der Waals surface area contributed by atoms with Crippen LogP contribution in [0.3, 0.4) is 0 Å². The summed E-state index contributed by atoms with van der Waals surface area (Å²) < 4.78 is 40.1. The van der Waals surface area contributed by atoms with Crippen LogP contribution in [-0.4, -0.2) is 99.7 Å². The Morgan fingerprint density at radius 1 is 0.907 bits per heavy atom. The maximum Gasteiger partial charge on any atom is 0.309 e. The van der Waals surface area contributed by atoms with Crippen molar-refractivity contribution in [1.82, 2.24) is 0 Å². The predicted molar refractivity (Wildman–Crippen MR) is 203 cm³/mol. The number of ketones is 1. The lowest BCUT2D eigenvalue weighted by atomic mass is 9.72. The van der Waals surface area contributed by atoms with E-state index in [0.717, 1.165) is 12.8 Å². The summed E-state index contributed by atoms with van der Waals surface area (Å²) in [5, 5.41) is 32.6. The largest absolute Gasteiger partial charge is 0.481 e. The number of aliphatic carboxylic acids is 1. The lowest BCUT2D eigenvalue weighted by Crippen LogP contribution is -2.63. The number of aliphatic hydroxyl groups excluding tert-OH is 1. The van der Waals surface area contributed by atoms with Crippen LogP contribution in [0.25, 0.3) is 0 Å².